The smallest absolute Gasteiger partial charge is 0.309 e. The first-order valence-corrected chi connectivity index (χ1v) is 12.5. The summed E-state index contributed by atoms with van der Waals surface area (Å²) in [7, 11) is -3.68. The zero-order valence-electron chi connectivity index (χ0n) is 19.0. The average molecular weight is 475 g/mol. The monoisotopic (exact) mass is 474 g/mol. The highest BCUT2D eigenvalue weighted by molar-refractivity contribution is 7.89. The normalized spacial score (nSPS) is 14.7. The molecule has 2 aromatic rings. The van der Waals surface area contributed by atoms with E-state index in [9.17, 15) is 18.0 Å². The zero-order valence-corrected chi connectivity index (χ0v) is 19.8. The lowest BCUT2D eigenvalue weighted by Crippen LogP contribution is -2.42. The summed E-state index contributed by atoms with van der Waals surface area (Å²) in [4.78, 5) is 26.2. The van der Waals surface area contributed by atoms with Gasteiger partial charge in [-0.05, 0) is 56.0 Å². The molecule has 1 amide bonds. The summed E-state index contributed by atoms with van der Waals surface area (Å²) >= 11 is 0. The molecule has 1 fully saturated rings. The summed E-state index contributed by atoms with van der Waals surface area (Å²) < 4.78 is 38.5. The number of aryl methyl sites for hydroxylation is 1. The van der Waals surface area contributed by atoms with Gasteiger partial charge in [0.15, 0.2) is 6.61 Å². The summed E-state index contributed by atoms with van der Waals surface area (Å²) in [6.45, 7) is 4.88. The number of ether oxygens (including phenoxy) is 2. The summed E-state index contributed by atoms with van der Waals surface area (Å²) in [5.41, 5.74) is 1.48. The van der Waals surface area contributed by atoms with Crippen molar-refractivity contribution in [2.24, 2.45) is 5.92 Å². The number of benzene rings is 2. The van der Waals surface area contributed by atoms with Crippen molar-refractivity contribution in [3.05, 3.63) is 59.7 Å². The minimum Gasteiger partial charge on any atom is -0.483 e. The van der Waals surface area contributed by atoms with Crippen molar-refractivity contribution in [1.29, 1.82) is 0 Å². The molecule has 0 radical (unpaired) electrons. The van der Waals surface area contributed by atoms with E-state index in [4.69, 9.17) is 9.47 Å². The van der Waals surface area contributed by atoms with Gasteiger partial charge in [-0.15, -0.1) is 0 Å². The van der Waals surface area contributed by atoms with Gasteiger partial charge in [0.2, 0.25) is 10.0 Å². The minimum absolute atomic E-state index is 0.135. The van der Waals surface area contributed by atoms with Crippen molar-refractivity contribution in [1.82, 2.24) is 9.62 Å². The molecule has 1 N–H and O–H groups in total. The van der Waals surface area contributed by atoms with E-state index in [0.29, 0.717) is 43.9 Å². The van der Waals surface area contributed by atoms with Crippen LogP contribution in [0.1, 0.15) is 30.9 Å². The molecule has 0 aliphatic carbocycles. The van der Waals surface area contributed by atoms with Gasteiger partial charge in [-0.2, -0.15) is 0 Å². The lowest BCUT2D eigenvalue weighted by Gasteiger charge is -2.30. The van der Waals surface area contributed by atoms with E-state index in [1.165, 1.54) is 12.1 Å². The van der Waals surface area contributed by atoms with Crippen molar-refractivity contribution >= 4 is 21.9 Å². The number of nitrogens with zero attached hydrogens (tertiary/aromatic N) is 1. The fourth-order valence-corrected chi connectivity index (χ4v) is 4.77. The second-order valence-corrected chi connectivity index (χ2v) is 9.70. The Morgan fingerprint density at radius 1 is 1.09 bits per heavy atom. The highest BCUT2D eigenvalue weighted by atomic mass is 32.2. The van der Waals surface area contributed by atoms with Crippen molar-refractivity contribution < 1.29 is 27.5 Å². The van der Waals surface area contributed by atoms with Gasteiger partial charge in [-0.1, -0.05) is 30.3 Å². The van der Waals surface area contributed by atoms with Gasteiger partial charge < -0.3 is 14.4 Å². The number of carbonyl (C=O) groups excluding carboxylic acids is 2. The number of amides is 1. The molecule has 0 saturated carbocycles. The predicted octanol–water partition coefficient (Wildman–Crippen LogP) is 2.65. The Balaban J connectivity index is 1.52. The molecule has 1 saturated heterocycles. The molecule has 0 unspecified atom stereocenters. The van der Waals surface area contributed by atoms with Crippen LogP contribution in [0.15, 0.2) is 53.4 Å². The Morgan fingerprint density at radius 3 is 2.42 bits per heavy atom. The van der Waals surface area contributed by atoms with E-state index in [1.807, 2.05) is 30.3 Å². The van der Waals surface area contributed by atoms with E-state index >= 15 is 0 Å². The third-order valence-electron chi connectivity index (χ3n) is 5.58. The maximum absolute atomic E-state index is 12.6. The second-order valence-electron chi connectivity index (χ2n) is 7.93. The average Bonchev–Trinajstić information content (AvgIpc) is 2.82. The number of sulfonamides is 1. The number of nitrogens with one attached hydrogen (secondary N) is 1. The molecule has 0 atom stereocenters. The van der Waals surface area contributed by atoms with Gasteiger partial charge in [0.1, 0.15) is 5.75 Å². The first-order valence-electron chi connectivity index (χ1n) is 11.0. The van der Waals surface area contributed by atoms with E-state index in [-0.39, 0.29) is 35.8 Å². The fraction of sp³-hybridized carbons (Fsp3) is 0.417. The van der Waals surface area contributed by atoms with Crippen LogP contribution in [0.25, 0.3) is 0 Å². The molecule has 8 nitrogen and oxygen atoms in total. The molecule has 2 aromatic carbocycles. The van der Waals surface area contributed by atoms with E-state index < -0.39 is 10.0 Å². The molecule has 33 heavy (non-hydrogen) atoms. The maximum atomic E-state index is 12.6. The third-order valence-corrected chi connectivity index (χ3v) is 6.98. The van der Waals surface area contributed by atoms with Crippen LogP contribution < -0.4 is 9.46 Å². The molecule has 3 rings (SSSR count). The highest BCUT2D eigenvalue weighted by Crippen LogP contribution is 2.23. The van der Waals surface area contributed by atoms with E-state index in [1.54, 1.807) is 24.8 Å². The van der Waals surface area contributed by atoms with Gasteiger partial charge in [0.05, 0.1) is 17.4 Å². The van der Waals surface area contributed by atoms with Crippen LogP contribution in [0.5, 0.6) is 5.75 Å². The molecular formula is C24H30N2O6S. The minimum atomic E-state index is -3.68. The standard InChI is InChI=1S/C24H30N2O6S/c1-3-31-24(28)20-11-13-26(14-12-20)23(27)17-32-22-10-9-21(15-18(22)2)33(29,30)25-16-19-7-5-4-6-8-19/h4-10,15,20,25H,3,11-14,16-17H2,1-2H3. The highest BCUT2D eigenvalue weighted by Gasteiger charge is 2.28. The first-order chi connectivity index (χ1) is 15.8. The predicted molar refractivity (Wildman–Crippen MR) is 123 cm³/mol. The first kappa shape index (κ1) is 24.7. The Hall–Kier alpha value is -2.91. The largest absolute Gasteiger partial charge is 0.483 e. The maximum Gasteiger partial charge on any atom is 0.309 e. The van der Waals surface area contributed by atoms with E-state index in [0.717, 1.165) is 5.56 Å². The number of rotatable bonds is 9. The Kier molecular flexibility index (Phi) is 8.46. The van der Waals surface area contributed by atoms with Gasteiger partial charge in [0, 0.05) is 19.6 Å². The van der Waals surface area contributed by atoms with Crippen LogP contribution in [-0.2, 0) is 30.9 Å². The molecule has 9 heteroatoms. The topological polar surface area (TPSA) is 102 Å². The lowest BCUT2D eigenvalue weighted by atomic mass is 9.97. The number of hydrogen-bond acceptors (Lipinski definition) is 6. The van der Waals surface area contributed by atoms with Crippen LogP contribution >= 0.6 is 0 Å². The Morgan fingerprint density at radius 2 is 1.79 bits per heavy atom. The molecular weight excluding hydrogens is 444 g/mol. The number of likely N-dealkylation sites (tertiary alicyclic amines) is 1. The molecule has 0 aromatic heterocycles. The van der Waals surface area contributed by atoms with Crippen LogP contribution in [0, 0.1) is 12.8 Å². The fourth-order valence-electron chi connectivity index (χ4n) is 3.66. The summed E-state index contributed by atoms with van der Waals surface area (Å²) in [5.74, 6) is -0.0864. The summed E-state index contributed by atoms with van der Waals surface area (Å²) in [6, 6.07) is 13.8. The van der Waals surface area contributed by atoms with Crippen LogP contribution in [0.3, 0.4) is 0 Å². The molecule has 0 spiro atoms. The van der Waals surface area contributed by atoms with Crippen LogP contribution in [-0.4, -0.2) is 51.5 Å². The van der Waals surface area contributed by atoms with Crippen LogP contribution in [0.2, 0.25) is 0 Å². The van der Waals surface area contributed by atoms with Gasteiger partial charge >= 0.3 is 5.97 Å². The van der Waals surface area contributed by atoms with Gasteiger partial charge in [-0.25, -0.2) is 13.1 Å². The van der Waals surface area contributed by atoms with Gasteiger partial charge in [-0.3, -0.25) is 9.59 Å². The number of carbonyl (C=O) groups is 2. The molecule has 178 valence electrons. The summed E-state index contributed by atoms with van der Waals surface area (Å²) in [6.07, 6.45) is 1.15. The number of esters is 1. The molecule has 1 aliphatic rings. The Labute approximate surface area is 194 Å². The SMILES string of the molecule is CCOC(=O)C1CCN(C(=O)COc2ccc(S(=O)(=O)NCc3ccccc3)cc2C)CC1. The molecule has 1 aliphatic heterocycles. The quantitative estimate of drug-likeness (QED) is 0.561. The second kappa shape index (κ2) is 11.3. The molecule has 0 bridgehead atoms. The van der Waals surface area contributed by atoms with Gasteiger partial charge in [0.25, 0.3) is 5.91 Å². The molecule has 1 heterocycles. The number of piperidine rings is 1. The zero-order chi connectivity index (χ0) is 23.8. The Bertz CT molecular complexity index is 1060. The van der Waals surface area contributed by atoms with E-state index in [2.05, 4.69) is 4.72 Å². The van der Waals surface area contributed by atoms with Crippen molar-refractivity contribution in [3.8, 4) is 5.75 Å². The lowest BCUT2D eigenvalue weighted by molar-refractivity contribution is -0.151. The number of hydrogen-bond donors (Lipinski definition) is 1. The van der Waals surface area contributed by atoms with Crippen molar-refractivity contribution in [2.75, 3.05) is 26.3 Å². The summed E-state index contributed by atoms with van der Waals surface area (Å²) in [5, 5.41) is 0. The van der Waals surface area contributed by atoms with Crippen molar-refractivity contribution in [3.63, 3.8) is 0 Å². The van der Waals surface area contributed by atoms with Crippen LogP contribution in [0.4, 0.5) is 0 Å². The van der Waals surface area contributed by atoms with Crippen molar-refractivity contribution in [2.45, 2.75) is 38.1 Å². The third kappa shape index (κ3) is 6.79.